The van der Waals surface area contributed by atoms with Gasteiger partial charge < -0.3 is 9.52 Å². The molecule has 2 aromatic carbocycles. The van der Waals surface area contributed by atoms with Crippen LogP contribution in [0.4, 0.5) is 0 Å². The molecule has 0 fully saturated rings. The van der Waals surface area contributed by atoms with Crippen molar-refractivity contribution >= 4 is 11.0 Å². The number of hydrogen-bond acceptors (Lipinski definition) is 3. The molecule has 0 aliphatic rings. The molecule has 1 N–H and O–H groups in total. The first-order valence-corrected chi connectivity index (χ1v) is 6.52. The van der Waals surface area contributed by atoms with E-state index in [1.54, 1.807) is 30.3 Å². The van der Waals surface area contributed by atoms with E-state index in [9.17, 15) is 9.90 Å². The van der Waals surface area contributed by atoms with E-state index in [0.717, 1.165) is 12.0 Å². The van der Waals surface area contributed by atoms with E-state index >= 15 is 0 Å². The lowest BCUT2D eigenvalue weighted by Gasteiger charge is -2.03. The van der Waals surface area contributed by atoms with Crippen LogP contribution in [0.1, 0.15) is 11.3 Å². The molecular weight excluding hydrogens is 252 g/mol. The molecule has 0 radical (unpaired) electrons. The number of para-hydroxylation sites is 1. The second kappa shape index (κ2) is 5.21. The summed E-state index contributed by atoms with van der Waals surface area (Å²) in [4.78, 5) is 12.0. The lowest BCUT2D eigenvalue weighted by Crippen LogP contribution is -2.03. The number of benzene rings is 2. The fraction of sp³-hybridized carbons (Fsp3) is 0.118. The minimum absolute atomic E-state index is 0.00689. The largest absolute Gasteiger partial charge is 0.508 e. The van der Waals surface area contributed by atoms with Crippen molar-refractivity contribution in [3.05, 3.63) is 76.1 Å². The van der Waals surface area contributed by atoms with Gasteiger partial charge in [-0.25, -0.2) is 0 Å². The SMILES string of the molecule is O=c1cc(CCc2ccc(O)cc2)oc2ccccc12. The van der Waals surface area contributed by atoms with Gasteiger partial charge in [-0.1, -0.05) is 24.3 Å². The molecule has 3 nitrogen and oxygen atoms in total. The molecule has 3 rings (SSSR count). The van der Waals surface area contributed by atoms with Crippen LogP contribution < -0.4 is 5.43 Å². The minimum atomic E-state index is -0.00689. The van der Waals surface area contributed by atoms with Gasteiger partial charge in [0.1, 0.15) is 17.1 Å². The third kappa shape index (κ3) is 2.57. The first-order valence-electron chi connectivity index (χ1n) is 6.52. The Hall–Kier alpha value is -2.55. The van der Waals surface area contributed by atoms with Gasteiger partial charge in [0.15, 0.2) is 5.43 Å². The van der Waals surface area contributed by atoms with Crippen molar-refractivity contribution in [3.8, 4) is 5.75 Å². The van der Waals surface area contributed by atoms with E-state index in [2.05, 4.69) is 0 Å². The zero-order valence-corrected chi connectivity index (χ0v) is 10.9. The second-order valence-electron chi connectivity index (χ2n) is 4.74. The maximum absolute atomic E-state index is 12.0. The van der Waals surface area contributed by atoms with Crippen LogP contribution in [0.3, 0.4) is 0 Å². The minimum Gasteiger partial charge on any atom is -0.508 e. The molecule has 1 heterocycles. The number of rotatable bonds is 3. The predicted octanol–water partition coefficient (Wildman–Crippen LogP) is 3.28. The number of aryl methyl sites for hydroxylation is 2. The van der Waals surface area contributed by atoms with Crippen LogP contribution in [0.2, 0.25) is 0 Å². The number of hydrogen-bond donors (Lipinski definition) is 1. The van der Waals surface area contributed by atoms with Gasteiger partial charge in [0.05, 0.1) is 5.39 Å². The van der Waals surface area contributed by atoms with Crippen LogP contribution in [0.25, 0.3) is 11.0 Å². The Balaban J connectivity index is 1.84. The fourth-order valence-corrected chi connectivity index (χ4v) is 2.21. The summed E-state index contributed by atoms with van der Waals surface area (Å²) in [5.41, 5.74) is 1.71. The molecule has 0 atom stereocenters. The molecule has 0 aliphatic carbocycles. The standard InChI is InChI=1S/C17H14O3/c18-13-8-5-12(6-9-13)7-10-14-11-16(19)15-3-1-2-4-17(15)20-14/h1-6,8-9,11,18H,7,10H2. The molecular formula is C17H14O3. The van der Waals surface area contributed by atoms with Gasteiger partial charge in [-0.2, -0.15) is 0 Å². The van der Waals surface area contributed by atoms with Crippen LogP contribution in [0, 0.1) is 0 Å². The summed E-state index contributed by atoms with van der Waals surface area (Å²) in [7, 11) is 0. The monoisotopic (exact) mass is 266 g/mol. The van der Waals surface area contributed by atoms with E-state index in [-0.39, 0.29) is 11.2 Å². The van der Waals surface area contributed by atoms with Crippen molar-refractivity contribution in [2.24, 2.45) is 0 Å². The van der Waals surface area contributed by atoms with Crippen LogP contribution in [-0.2, 0) is 12.8 Å². The third-order valence-electron chi connectivity index (χ3n) is 3.28. The van der Waals surface area contributed by atoms with Gasteiger partial charge in [0.2, 0.25) is 0 Å². The summed E-state index contributed by atoms with van der Waals surface area (Å²) in [5.74, 6) is 0.938. The molecule has 0 spiro atoms. The highest BCUT2D eigenvalue weighted by atomic mass is 16.3. The summed E-state index contributed by atoms with van der Waals surface area (Å²) in [6.07, 6.45) is 1.42. The van der Waals surface area contributed by atoms with Gasteiger partial charge in [-0.3, -0.25) is 4.79 Å². The normalized spacial score (nSPS) is 10.8. The molecule has 100 valence electrons. The Labute approximate surface area is 116 Å². The summed E-state index contributed by atoms with van der Waals surface area (Å²) >= 11 is 0. The van der Waals surface area contributed by atoms with Gasteiger partial charge >= 0.3 is 0 Å². The lowest BCUT2D eigenvalue weighted by atomic mass is 10.1. The molecule has 0 unspecified atom stereocenters. The Kier molecular flexibility index (Phi) is 3.25. The van der Waals surface area contributed by atoms with E-state index in [1.165, 1.54) is 0 Å². The Morgan fingerprint density at radius 2 is 1.70 bits per heavy atom. The average Bonchev–Trinajstić information content (AvgIpc) is 2.47. The van der Waals surface area contributed by atoms with Crippen molar-refractivity contribution in [2.75, 3.05) is 0 Å². The number of aromatic hydroxyl groups is 1. The van der Waals surface area contributed by atoms with Crippen molar-refractivity contribution in [1.29, 1.82) is 0 Å². The first-order chi connectivity index (χ1) is 9.72. The average molecular weight is 266 g/mol. The molecule has 0 aliphatic heterocycles. The summed E-state index contributed by atoms with van der Waals surface area (Å²) in [5, 5.41) is 9.85. The van der Waals surface area contributed by atoms with E-state index in [4.69, 9.17) is 4.42 Å². The zero-order valence-electron chi connectivity index (χ0n) is 10.9. The molecule has 20 heavy (non-hydrogen) atoms. The van der Waals surface area contributed by atoms with E-state index < -0.39 is 0 Å². The molecule has 0 saturated carbocycles. The fourth-order valence-electron chi connectivity index (χ4n) is 2.21. The topological polar surface area (TPSA) is 50.4 Å². The van der Waals surface area contributed by atoms with Crippen LogP contribution in [0.15, 0.2) is 63.8 Å². The predicted molar refractivity (Wildman–Crippen MR) is 78.0 cm³/mol. The Bertz CT molecular complexity index is 785. The zero-order chi connectivity index (χ0) is 13.9. The van der Waals surface area contributed by atoms with Crippen molar-refractivity contribution < 1.29 is 9.52 Å². The van der Waals surface area contributed by atoms with Gasteiger partial charge in [-0.05, 0) is 36.2 Å². The highest BCUT2D eigenvalue weighted by Crippen LogP contribution is 2.15. The number of phenols is 1. The van der Waals surface area contributed by atoms with Crippen LogP contribution in [0.5, 0.6) is 5.75 Å². The van der Waals surface area contributed by atoms with Gasteiger partial charge in [0, 0.05) is 12.5 Å². The maximum atomic E-state index is 12.0. The number of phenolic OH excluding ortho intramolecular Hbond substituents is 1. The van der Waals surface area contributed by atoms with Gasteiger partial charge in [0.25, 0.3) is 0 Å². The number of fused-ring (bicyclic) bond motifs is 1. The van der Waals surface area contributed by atoms with Crippen LogP contribution >= 0.6 is 0 Å². The van der Waals surface area contributed by atoms with Crippen molar-refractivity contribution in [2.45, 2.75) is 12.8 Å². The lowest BCUT2D eigenvalue weighted by molar-refractivity contribution is 0.475. The summed E-state index contributed by atoms with van der Waals surface area (Å²) in [6, 6.07) is 15.9. The Morgan fingerprint density at radius 1 is 0.950 bits per heavy atom. The van der Waals surface area contributed by atoms with Gasteiger partial charge in [-0.15, -0.1) is 0 Å². The molecule has 3 aromatic rings. The second-order valence-corrected chi connectivity index (χ2v) is 4.74. The van der Waals surface area contributed by atoms with E-state index in [0.29, 0.717) is 23.2 Å². The van der Waals surface area contributed by atoms with Crippen molar-refractivity contribution in [1.82, 2.24) is 0 Å². The molecule has 1 aromatic heterocycles. The smallest absolute Gasteiger partial charge is 0.192 e. The summed E-state index contributed by atoms with van der Waals surface area (Å²) in [6.45, 7) is 0. The molecule has 0 bridgehead atoms. The highest BCUT2D eigenvalue weighted by molar-refractivity contribution is 5.76. The molecule has 3 heteroatoms. The summed E-state index contributed by atoms with van der Waals surface area (Å²) < 4.78 is 5.74. The molecule has 0 amide bonds. The van der Waals surface area contributed by atoms with Crippen LogP contribution in [-0.4, -0.2) is 5.11 Å². The third-order valence-corrected chi connectivity index (χ3v) is 3.28. The van der Waals surface area contributed by atoms with E-state index in [1.807, 2.05) is 24.3 Å². The molecule has 0 saturated heterocycles. The van der Waals surface area contributed by atoms with Crippen molar-refractivity contribution in [3.63, 3.8) is 0 Å². The first kappa shape index (κ1) is 12.5. The quantitative estimate of drug-likeness (QED) is 0.791. The highest BCUT2D eigenvalue weighted by Gasteiger charge is 2.04. The Morgan fingerprint density at radius 3 is 2.50 bits per heavy atom. The maximum Gasteiger partial charge on any atom is 0.192 e.